The van der Waals surface area contributed by atoms with Crippen LogP contribution in [0.2, 0.25) is 0 Å². The molecule has 1 aliphatic rings. The molecule has 0 atom stereocenters. The van der Waals surface area contributed by atoms with Gasteiger partial charge in [-0.1, -0.05) is 18.1 Å². The van der Waals surface area contributed by atoms with Gasteiger partial charge in [-0.2, -0.15) is 0 Å². The third-order valence-electron chi connectivity index (χ3n) is 3.79. The molecule has 1 amide bonds. The quantitative estimate of drug-likeness (QED) is 0.729. The maximum Gasteiger partial charge on any atom is 0.223 e. The summed E-state index contributed by atoms with van der Waals surface area (Å²) in [5, 5.41) is 8.39. The average Bonchev–Trinajstić information content (AvgIpc) is 3.03. The van der Waals surface area contributed by atoms with Crippen LogP contribution in [0.5, 0.6) is 0 Å². The zero-order chi connectivity index (χ0) is 14.4. The molecule has 0 bridgehead atoms. The van der Waals surface area contributed by atoms with Crippen LogP contribution < -0.4 is 5.73 Å². The predicted octanol–water partition coefficient (Wildman–Crippen LogP) is 1.39. The van der Waals surface area contributed by atoms with E-state index >= 15 is 0 Å². The summed E-state index contributed by atoms with van der Waals surface area (Å²) in [5.74, 6) is 0.136. The lowest BCUT2D eigenvalue weighted by atomic mass is 10.0. The maximum atomic E-state index is 11.2. The van der Waals surface area contributed by atoms with Gasteiger partial charge in [-0.25, -0.2) is 4.68 Å². The van der Waals surface area contributed by atoms with Crippen molar-refractivity contribution in [2.45, 2.75) is 57.9 Å². The number of nitrogens with two attached hydrogens (primary N) is 1. The molecule has 20 heavy (non-hydrogen) atoms. The number of aryl methyl sites for hydroxylation is 1. The van der Waals surface area contributed by atoms with Gasteiger partial charge in [-0.15, -0.1) is 5.10 Å². The van der Waals surface area contributed by atoms with Gasteiger partial charge in [-0.3, -0.25) is 4.79 Å². The minimum atomic E-state index is -0.342. The lowest BCUT2D eigenvalue weighted by molar-refractivity contribution is -0.117. The standard InChI is InChI=1S/C14H24N4O2/c1-2-20-9-5-8-18-14(11-6-3-4-7-11)12(16-17-18)10-13(15)19/h11H,2-10H2,1H3,(H2,15,19). The Morgan fingerprint density at radius 3 is 2.85 bits per heavy atom. The number of hydrogen-bond donors (Lipinski definition) is 1. The molecule has 0 saturated heterocycles. The van der Waals surface area contributed by atoms with Crippen molar-refractivity contribution in [2.75, 3.05) is 13.2 Å². The molecule has 1 aliphatic carbocycles. The van der Waals surface area contributed by atoms with Gasteiger partial charge in [-0.05, 0) is 26.2 Å². The van der Waals surface area contributed by atoms with Gasteiger partial charge in [0.1, 0.15) is 0 Å². The van der Waals surface area contributed by atoms with Crippen molar-refractivity contribution >= 4 is 5.91 Å². The summed E-state index contributed by atoms with van der Waals surface area (Å²) in [4.78, 5) is 11.2. The van der Waals surface area contributed by atoms with Gasteiger partial charge >= 0.3 is 0 Å². The van der Waals surface area contributed by atoms with Crippen LogP contribution in [0.15, 0.2) is 0 Å². The molecule has 2 N–H and O–H groups in total. The van der Waals surface area contributed by atoms with Crippen molar-refractivity contribution in [3.8, 4) is 0 Å². The molecule has 1 aromatic heterocycles. The predicted molar refractivity (Wildman–Crippen MR) is 75.2 cm³/mol. The number of carbonyl (C=O) groups is 1. The number of aromatic nitrogens is 3. The van der Waals surface area contributed by atoms with E-state index in [1.807, 2.05) is 11.6 Å². The smallest absolute Gasteiger partial charge is 0.223 e. The van der Waals surface area contributed by atoms with Gasteiger partial charge in [0, 0.05) is 25.7 Å². The highest BCUT2D eigenvalue weighted by atomic mass is 16.5. The van der Waals surface area contributed by atoms with E-state index in [0.29, 0.717) is 5.92 Å². The van der Waals surface area contributed by atoms with Gasteiger partial charge in [0.15, 0.2) is 0 Å². The van der Waals surface area contributed by atoms with Crippen molar-refractivity contribution in [3.05, 3.63) is 11.4 Å². The van der Waals surface area contributed by atoms with Gasteiger partial charge in [0.05, 0.1) is 17.8 Å². The van der Waals surface area contributed by atoms with E-state index in [1.54, 1.807) is 0 Å². The van der Waals surface area contributed by atoms with Crippen LogP contribution in [0.25, 0.3) is 0 Å². The molecule has 0 radical (unpaired) electrons. The van der Waals surface area contributed by atoms with Crippen molar-refractivity contribution in [2.24, 2.45) is 5.73 Å². The first-order chi connectivity index (χ1) is 9.72. The SMILES string of the molecule is CCOCCCn1nnc(CC(N)=O)c1C1CCCC1. The van der Waals surface area contributed by atoms with Crippen molar-refractivity contribution in [3.63, 3.8) is 0 Å². The van der Waals surface area contributed by atoms with E-state index in [0.717, 1.165) is 50.4 Å². The number of nitrogens with zero attached hydrogens (tertiary/aromatic N) is 3. The summed E-state index contributed by atoms with van der Waals surface area (Å²) in [6.45, 7) is 4.24. The fraction of sp³-hybridized carbons (Fsp3) is 0.786. The molecule has 1 heterocycles. The van der Waals surface area contributed by atoms with Gasteiger partial charge in [0.2, 0.25) is 5.91 Å². The Morgan fingerprint density at radius 2 is 2.20 bits per heavy atom. The zero-order valence-corrected chi connectivity index (χ0v) is 12.2. The van der Waals surface area contributed by atoms with Crippen LogP contribution in [0.4, 0.5) is 0 Å². The zero-order valence-electron chi connectivity index (χ0n) is 12.2. The summed E-state index contributed by atoms with van der Waals surface area (Å²) < 4.78 is 7.31. The molecule has 1 aromatic rings. The Hall–Kier alpha value is -1.43. The Labute approximate surface area is 119 Å². The first kappa shape index (κ1) is 15.0. The van der Waals surface area contributed by atoms with Gasteiger partial charge < -0.3 is 10.5 Å². The third kappa shape index (κ3) is 3.79. The Balaban J connectivity index is 2.09. The van der Waals surface area contributed by atoms with Crippen LogP contribution in [0, 0.1) is 0 Å². The number of rotatable bonds is 8. The molecule has 0 aliphatic heterocycles. The van der Waals surface area contributed by atoms with Crippen molar-refractivity contribution < 1.29 is 9.53 Å². The third-order valence-corrected chi connectivity index (χ3v) is 3.79. The summed E-state index contributed by atoms with van der Waals surface area (Å²) in [6.07, 6.45) is 5.90. The molecule has 2 rings (SSSR count). The summed E-state index contributed by atoms with van der Waals surface area (Å²) >= 11 is 0. The summed E-state index contributed by atoms with van der Waals surface area (Å²) in [6, 6.07) is 0. The van der Waals surface area contributed by atoms with E-state index in [1.165, 1.54) is 12.8 Å². The lowest BCUT2D eigenvalue weighted by Crippen LogP contribution is -2.17. The summed E-state index contributed by atoms with van der Waals surface area (Å²) in [5.41, 5.74) is 7.19. The molecule has 6 nitrogen and oxygen atoms in total. The molecule has 0 aromatic carbocycles. The first-order valence-corrected chi connectivity index (χ1v) is 7.50. The van der Waals surface area contributed by atoms with Crippen LogP contribution in [-0.2, 0) is 22.5 Å². The second-order valence-corrected chi connectivity index (χ2v) is 5.32. The molecular formula is C14H24N4O2. The van der Waals surface area contributed by atoms with Crippen LogP contribution >= 0.6 is 0 Å². The molecular weight excluding hydrogens is 256 g/mol. The number of amides is 1. The first-order valence-electron chi connectivity index (χ1n) is 7.50. The lowest BCUT2D eigenvalue weighted by Gasteiger charge is -2.13. The van der Waals surface area contributed by atoms with Crippen LogP contribution in [-0.4, -0.2) is 34.1 Å². The van der Waals surface area contributed by atoms with Crippen molar-refractivity contribution in [1.29, 1.82) is 0 Å². The highest BCUT2D eigenvalue weighted by Gasteiger charge is 2.26. The largest absolute Gasteiger partial charge is 0.382 e. The molecule has 0 unspecified atom stereocenters. The molecule has 0 spiro atoms. The maximum absolute atomic E-state index is 11.2. The van der Waals surface area contributed by atoms with Gasteiger partial charge in [0.25, 0.3) is 0 Å². The van der Waals surface area contributed by atoms with E-state index < -0.39 is 0 Å². The highest BCUT2D eigenvalue weighted by Crippen LogP contribution is 2.35. The second-order valence-electron chi connectivity index (χ2n) is 5.32. The molecule has 112 valence electrons. The minimum Gasteiger partial charge on any atom is -0.382 e. The minimum absolute atomic E-state index is 0.192. The van der Waals surface area contributed by atoms with E-state index in [2.05, 4.69) is 10.3 Å². The van der Waals surface area contributed by atoms with E-state index in [4.69, 9.17) is 10.5 Å². The number of hydrogen-bond acceptors (Lipinski definition) is 4. The highest BCUT2D eigenvalue weighted by molar-refractivity contribution is 5.76. The summed E-state index contributed by atoms with van der Waals surface area (Å²) in [7, 11) is 0. The number of carbonyl (C=O) groups excluding carboxylic acids is 1. The molecule has 1 saturated carbocycles. The van der Waals surface area contributed by atoms with E-state index in [-0.39, 0.29) is 12.3 Å². The Bertz CT molecular complexity index is 438. The topological polar surface area (TPSA) is 83.0 Å². The van der Waals surface area contributed by atoms with Crippen molar-refractivity contribution in [1.82, 2.24) is 15.0 Å². The second kappa shape index (κ2) is 7.38. The fourth-order valence-corrected chi connectivity index (χ4v) is 2.92. The molecule has 1 fully saturated rings. The Kier molecular flexibility index (Phi) is 5.52. The Morgan fingerprint density at radius 1 is 1.45 bits per heavy atom. The molecule has 6 heteroatoms. The van der Waals surface area contributed by atoms with Crippen LogP contribution in [0.3, 0.4) is 0 Å². The average molecular weight is 280 g/mol. The number of primary amides is 1. The fourth-order valence-electron chi connectivity index (χ4n) is 2.92. The monoisotopic (exact) mass is 280 g/mol. The van der Waals surface area contributed by atoms with E-state index in [9.17, 15) is 4.79 Å². The normalized spacial score (nSPS) is 15.8. The van der Waals surface area contributed by atoms with Crippen LogP contribution in [0.1, 0.15) is 56.3 Å². The number of ether oxygens (including phenoxy) is 1.